The third kappa shape index (κ3) is 5.01. The summed E-state index contributed by atoms with van der Waals surface area (Å²) in [5.74, 6) is 1.63. The lowest BCUT2D eigenvalue weighted by atomic mass is 10.1. The molecule has 0 spiro atoms. The van der Waals surface area contributed by atoms with E-state index < -0.39 is 0 Å². The molecule has 1 saturated carbocycles. The number of nitrogens with zero attached hydrogens (tertiary/aromatic N) is 3. The van der Waals surface area contributed by atoms with E-state index >= 15 is 0 Å². The molecule has 6 heteroatoms. The Morgan fingerprint density at radius 3 is 2.79 bits per heavy atom. The molecule has 0 aromatic heterocycles. The third-order valence-electron chi connectivity index (χ3n) is 6.64. The van der Waals surface area contributed by atoms with Gasteiger partial charge in [0.2, 0.25) is 0 Å². The van der Waals surface area contributed by atoms with Crippen LogP contribution in [0.1, 0.15) is 38.5 Å². The van der Waals surface area contributed by atoms with Gasteiger partial charge in [-0.2, -0.15) is 0 Å². The van der Waals surface area contributed by atoms with Crippen molar-refractivity contribution >= 4 is 27.6 Å². The lowest BCUT2D eigenvalue weighted by Crippen LogP contribution is -2.46. The Labute approximate surface area is 178 Å². The molecule has 3 fully saturated rings. The lowest BCUT2D eigenvalue weighted by Gasteiger charge is -2.24. The maximum absolute atomic E-state index is 4.48. The van der Waals surface area contributed by atoms with Crippen molar-refractivity contribution in [1.82, 2.24) is 15.5 Å². The highest BCUT2D eigenvalue weighted by molar-refractivity contribution is 9.10. The van der Waals surface area contributed by atoms with Crippen LogP contribution in [0.15, 0.2) is 33.7 Å². The van der Waals surface area contributed by atoms with Crippen LogP contribution in [0.25, 0.3) is 0 Å². The summed E-state index contributed by atoms with van der Waals surface area (Å²) in [6.07, 6.45) is 8.10. The first kappa shape index (κ1) is 20.0. The minimum atomic E-state index is 0.536. The predicted molar refractivity (Wildman–Crippen MR) is 121 cm³/mol. The molecule has 2 saturated heterocycles. The van der Waals surface area contributed by atoms with Crippen molar-refractivity contribution in [3.63, 3.8) is 0 Å². The molecule has 2 unspecified atom stereocenters. The van der Waals surface area contributed by atoms with Gasteiger partial charge in [-0.15, -0.1) is 0 Å². The Bertz CT molecular complexity index is 673. The van der Waals surface area contributed by atoms with Gasteiger partial charge in [0, 0.05) is 62.0 Å². The second-order valence-electron chi connectivity index (χ2n) is 8.60. The van der Waals surface area contributed by atoms with Gasteiger partial charge < -0.3 is 15.5 Å². The molecule has 0 amide bonds. The van der Waals surface area contributed by atoms with Crippen molar-refractivity contribution in [2.24, 2.45) is 10.9 Å². The highest BCUT2D eigenvalue weighted by Gasteiger charge is 2.30. The minimum absolute atomic E-state index is 0.536. The molecule has 0 radical (unpaired) electrons. The second-order valence-corrected chi connectivity index (χ2v) is 9.51. The standard InChI is InChI=1S/C22H34BrN5/c1-24-22(26-19-10-12-28(16-19)20-6-2-3-7-20)25-14-17-9-11-27(15-17)21-8-4-5-18(23)13-21/h4-5,8,13,17,19-20H,2-3,6-7,9-12,14-16H2,1H3,(H2,24,25,26). The molecule has 2 heterocycles. The van der Waals surface area contributed by atoms with Crippen LogP contribution in [-0.4, -0.2) is 62.7 Å². The van der Waals surface area contributed by atoms with Crippen LogP contribution >= 0.6 is 15.9 Å². The number of hydrogen-bond acceptors (Lipinski definition) is 3. The number of benzene rings is 1. The number of anilines is 1. The maximum atomic E-state index is 4.48. The van der Waals surface area contributed by atoms with E-state index in [4.69, 9.17) is 0 Å². The molecule has 2 N–H and O–H groups in total. The Morgan fingerprint density at radius 2 is 2.00 bits per heavy atom. The Kier molecular flexibility index (Phi) is 6.78. The number of aliphatic imine (C=N–C) groups is 1. The minimum Gasteiger partial charge on any atom is -0.371 e. The van der Waals surface area contributed by atoms with Gasteiger partial charge in [-0.1, -0.05) is 34.8 Å². The zero-order chi connectivity index (χ0) is 19.3. The summed E-state index contributed by atoms with van der Waals surface area (Å²) in [5, 5.41) is 7.26. The van der Waals surface area contributed by atoms with Crippen LogP contribution in [0, 0.1) is 5.92 Å². The van der Waals surface area contributed by atoms with Crippen molar-refractivity contribution in [1.29, 1.82) is 0 Å². The van der Waals surface area contributed by atoms with Gasteiger partial charge in [-0.05, 0) is 49.8 Å². The van der Waals surface area contributed by atoms with E-state index in [-0.39, 0.29) is 0 Å². The third-order valence-corrected chi connectivity index (χ3v) is 7.14. The number of likely N-dealkylation sites (tertiary alicyclic amines) is 1. The van der Waals surface area contributed by atoms with Crippen molar-refractivity contribution in [3.8, 4) is 0 Å². The number of hydrogen-bond donors (Lipinski definition) is 2. The van der Waals surface area contributed by atoms with Crippen molar-refractivity contribution in [3.05, 3.63) is 28.7 Å². The fourth-order valence-corrected chi connectivity index (χ4v) is 5.43. The van der Waals surface area contributed by atoms with E-state index in [9.17, 15) is 0 Å². The SMILES string of the molecule is CN=C(NCC1CCN(c2cccc(Br)c2)C1)NC1CCN(C2CCCC2)C1. The van der Waals surface area contributed by atoms with Crippen molar-refractivity contribution in [2.45, 2.75) is 50.6 Å². The summed E-state index contributed by atoms with van der Waals surface area (Å²) in [5.41, 5.74) is 1.32. The van der Waals surface area contributed by atoms with E-state index in [0.29, 0.717) is 12.0 Å². The molecule has 154 valence electrons. The second kappa shape index (κ2) is 9.49. The summed E-state index contributed by atoms with van der Waals surface area (Å²) in [7, 11) is 1.89. The first-order valence-electron chi connectivity index (χ1n) is 10.9. The highest BCUT2D eigenvalue weighted by atomic mass is 79.9. The van der Waals surface area contributed by atoms with Gasteiger partial charge in [-0.25, -0.2) is 0 Å². The van der Waals surface area contributed by atoms with Gasteiger partial charge in [0.1, 0.15) is 0 Å². The predicted octanol–water partition coefficient (Wildman–Crippen LogP) is 3.46. The molecule has 3 aliphatic rings. The highest BCUT2D eigenvalue weighted by Crippen LogP contribution is 2.27. The normalized spacial score (nSPS) is 26.9. The van der Waals surface area contributed by atoms with E-state index in [1.165, 1.54) is 57.3 Å². The summed E-state index contributed by atoms with van der Waals surface area (Å²) >= 11 is 3.58. The Balaban J connectivity index is 1.21. The van der Waals surface area contributed by atoms with E-state index in [0.717, 1.165) is 36.1 Å². The molecule has 2 aliphatic heterocycles. The first-order chi connectivity index (χ1) is 13.7. The summed E-state index contributed by atoms with van der Waals surface area (Å²) < 4.78 is 1.15. The molecule has 1 aromatic rings. The molecule has 28 heavy (non-hydrogen) atoms. The lowest BCUT2D eigenvalue weighted by molar-refractivity contribution is 0.242. The monoisotopic (exact) mass is 447 g/mol. The number of nitrogens with one attached hydrogen (secondary N) is 2. The van der Waals surface area contributed by atoms with Crippen LogP contribution in [-0.2, 0) is 0 Å². The largest absolute Gasteiger partial charge is 0.371 e. The van der Waals surface area contributed by atoms with Gasteiger partial charge in [0.05, 0.1) is 0 Å². The van der Waals surface area contributed by atoms with Crippen LogP contribution in [0.5, 0.6) is 0 Å². The first-order valence-corrected chi connectivity index (χ1v) is 11.7. The van der Waals surface area contributed by atoms with E-state index in [2.05, 4.69) is 65.6 Å². The molecule has 5 nitrogen and oxygen atoms in total. The molecule has 0 bridgehead atoms. The molecule has 2 atom stereocenters. The quantitative estimate of drug-likeness (QED) is 0.535. The van der Waals surface area contributed by atoms with E-state index in [1.54, 1.807) is 0 Å². The average Bonchev–Trinajstić information content (AvgIpc) is 3.46. The summed E-state index contributed by atoms with van der Waals surface area (Å²) in [6, 6.07) is 10.0. The number of rotatable bonds is 5. The Morgan fingerprint density at radius 1 is 1.14 bits per heavy atom. The fourth-order valence-electron chi connectivity index (χ4n) is 5.04. The fraction of sp³-hybridized carbons (Fsp3) is 0.682. The topological polar surface area (TPSA) is 42.9 Å². The average molecular weight is 448 g/mol. The zero-order valence-corrected chi connectivity index (χ0v) is 18.6. The molecular weight excluding hydrogens is 414 g/mol. The van der Waals surface area contributed by atoms with Crippen molar-refractivity contribution < 1.29 is 0 Å². The Hall–Kier alpha value is -1.27. The van der Waals surface area contributed by atoms with Crippen LogP contribution in [0.2, 0.25) is 0 Å². The van der Waals surface area contributed by atoms with Gasteiger partial charge in [-0.3, -0.25) is 9.89 Å². The van der Waals surface area contributed by atoms with Gasteiger partial charge in [0.15, 0.2) is 5.96 Å². The number of guanidine groups is 1. The molecule has 1 aromatic carbocycles. The maximum Gasteiger partial charge on any atom is 0.191 e. The van der Waals surface area contributed by atoms with E-state index in [1.807, 2.05) is 7.05 Å². The van der Waals surface area contributed by atoms with Crippen LogP contribution in [0.3, 0.4) is 0 Å². The van der Waals surface area contributed by atoms with Gasteiger partial charge in [0.25, 0.3) is 0 Å². The summed E-state index contributed by atoms with van der Waals surface area (Å²) in [4.78, 5) is 9.67. The summed E-state index contributed by atoms with van der Waals surface area (Å²) in [6.45, 7) is 5.64. The zero-order valence-electron chi connectivity index (χ0n) is 17.0. The smallest absolute Gasteiger partial charge is 0.191 e. The molecular formula is C22H34BrN5. The number of halogens is 1. The van der Waals surface area contributed by atoms with Crippen LogP contribution < -0.4 is 15.5 Å². The molecule has 4 rings (SSSR count). The van der Waals surface area contributed by atoms with Crippen LogP contribution in [0.4, 0.5) is 5.69 Å². The van der Waals surface area contributed by atoms with Crippen molar-refractivity contribution in [2.75, 3.05) is 44.7 Å². The molecule has 1 aliphatic carbocycles. The van der Waals surface area contributed by atoms with Gasteiger partial charge >= 0.3 is 0 Å².